The van der Waals surface area contributed by atoms with E-state index >= 15 is 0 Å². The largest absolute Gasteiger partial charge is 0.465 e. The van der Waals surface area contributed by atoms with Gasteiger partial charge in [-0.1, -0.05) is 30.3 Å². The molecule has 9 nitrogen and oxygen atoms in total. The fraction of sp³-hybridized carbons (Fsp3) is 0.400. The Morgan fingerprint density at radius 2 is 1.93 bits per heavy atom. The number of rotatable bonds is 7. The lowest BCUT2D eigenvalue weighted by Gasteiger charge is -2.34. The zero-order valence-electron chi connectivity index (χ0n) is 16.0. The average Bonchev–Trinajstić information content (AvgIpc) is 3.27. The van der Waals surface area contributed by atoms with Crippen molar-refractivity contribution in [1.29, 1.82) is 0 Å². The number of hydrogen-bond donors (Lipinski definition) is 4. The van der Waals surface area contributed by atoms with Crippen LogP contribution in [-0.2, 0) is 11.2 Å². The number of aromatic amines is 1. The van der Waals surface area contributed by atoms with Gasteiger partial charge in [0, 0.05) is 32.3 Å². The number of aromatic nitrogens is 2. The average molecular weight is 399 g/mol. The molecule has 0 bridgehead atoms. The first-order valence-corrected chi connectivity index (χ1v) is 9.62. The Balaban J connectivity index is 1.50. The van der Waals surface area contributed by atoms with Crippen LogP contribution in [0.25, 0.3) is 0 Å². The third-order valence-corrected chi connectivity index (χ3v) is 5.12. The van der Waals surface area contributed by atoms with Crippen molar-refractivity contribution in [2.24, 2.45) is 5.92 Å². The van der Waals surface area contributed by atoms with Crippen LogP contribution in [0.5, 0.6) is 0 Å². The molecule has 1 unspecified atom stereocenters. The van der Waals surface area contributed by atoms with Crippen LogP contribution in [0.2, 0.25) is 0 Å². The van der Waals surface area contributed by atoms with Crippen LogP contribution >= 0.6 is 0 Å². The highest BCUT2D eigenvalue weighted by atomic mass is 16.4. The van der Waals surface area contributed by atoms with Gasteiger partial charge >= 0.3 is 6.09 Å². The summed E-state index contributed by atoms with van der Waals surface area (Å²) in [4.78, 5) is 37.7. The van der Waals surface area contributed by atoms with E-state index in [2.05, 4.69) is 20.8 Å². The molecule has 3 amide bonds. The number of nitrogens with one attached hydrogen (secondary N) is 3. The molecule has 1 aliphatic heterocycles. The van der Waals surface area contributed by atoms with Crippen LogP contribution in [0.1, 0.15) is 28.8 Å². The van der Waals surface area contributed by atoms with Gasteiger partial charge in [0.15, 0.2) is 0 Å². The number of likely N-dealkylation sites (tertiary alicyclic amines) is 1. The van der Waals surface area contributed by atoms with Crippen molar-refractivity contribution in [3.8, 4) is 0 Å². The Hall–Kier alpha value is -3.36. The SMILES string of the molecule is O=C(O)NC(Cc1ccccc1)C(=O)N1CCC(CNC(=O)c2cn[nH]c2)CC1. The minimum atomic E-state index is -1.21. The van der Waals surface area contributed by atoms with Gasteiger partial charge in [0.05, 0.1) is 11.8 Å². The third-order valence-electron chi connectivity index (χ3n) is 5.12. The minimum Gasteiger partial charge on any atom is -0.465 e. The van der Waals surface area contributed by atoms with E-state index in [1.165, 1.54) is 6.20 Å². The van der Waals surface area contributed by atoms with Crippen molar-refractivity contribution in [2.75, 3.05) is 19.6 Å². The lowest BCUT2D eigenvalue weighted by Crippen LogP contribution is -2.52. The highest BCUT2D eigenvalue weighted by Crippen LogP contribution is 2.18. The number of amides is 3. The van der Waals surface area contributed by atoms with Crippen molar-refractivity contribution in [3.63, 3.8) is 0 Å². The molecule has 1 atom stereocenters. The predicted molar refractivity (Wildman–Crippen MR) is 105 cm³/mol. The maximum absolute atomic E-state index is 12.9. The standard InChI is InChI=1S/C20H25N5O4/c26-18(16-12-22-23-13-16)21-11-15-6-8-25(9-7-15)19(27)17(24-20(28)29)10-14-4-2-1-3-5-14/h1-5,12-13,15,17,24H,6-11H2,(H,21,26)(H,22,23)(H,28,29). The Morgan fingerprint density at radius 3 is 2.55 bits per heavy atom. The molecule has 2 heterocycles. The summed E-state index contributed by atoms with van der Waals surface area (Å²) in [5, 5.41) is 20.7. The van der Waals surface area contributed by atoms with Crippen molar-refractivity contribution in [2.45, 2.75) is 25.3 Å². The topological polar surface area (TPSA) is 127 Å². The summed E-state index contributed by atoms with van der Waals surface area (Å²) < 4.78 is 0. The molecule has 29 heavy (non-hydrogen) atoms. The fourth-order valence-corrected chi connectivity index (χ4v) is 3.49. The van der Waals surface area contributed by atoms with E-state index in [9.17, 15) is 14.4 Å². The first-order valence-electron chi connectivity index (χ1n) is 9.62. The molecule has 0 saturated carbocycles. The highest BCUT2D eigenvalue weighted by Gasteiger charge is 2.29. The highest BCUT2D eigenvalue weighted by molar-refractivity contribution is 5.93. The molecule has 2 aromatic rings. The fourth-order valence-electron chi connectivity index (χ4n) is 3.49. The quantitative estimate of drug-likeness (QED) is 0.557. The molecule has 1 aliphatic rings. The molecule has 4 N–H and O–H groups in total. The molecule has 1 aromatic heterocycles. The minimum absolute atomic E-state index is 0.175. The second kappa shape index (κ2) is 9.72. The summed E-state index contributed by atoms with van der Waals surface area (Å²) in [5.41, 5.74) is 1.39. The second-order valence-corrected chi connectivity index (χ2v) is 7.16. The molecule has 0 radical (unpaired) electrons. The smallest absolute Gasteiger partial charge is 0.405 e. The van der Waals surface area contributed by atoms with Crippen LogP contribution < -0.4 is 10.6 Å². The van der Waals surface area contributed by atoms with E-state index in [1.54, 1.807) is 11.1 Å². The van der Waals surface area contributed by atoms with E-state index in [4.69, 9.17) is 5.11 Å². The summed E-state index contributed by atoms with van der Waals surface area (Å²) in [6, 6.07) is 8.53. The summed E-state index contributed by atoms with van der Waals surface area (Å²) in [5.74, 6) is -0.113. The molecular weight excluding hydrogens is 374 g/mol. The number of carboxylic acid groups (broad SMARTS) is 1. The first kappa shape index (κ1) is 20.4. The molecule has 1 aromatic carbocycles. The van der Waals surface area contributed by atoms with Gasteiger partial charge in [-0.2, -0.15) is 5.10 Å². The van der Waals surface area contributed by atoms with Crippen molar-refractivity contribution >= 4 is 17.9 Å². The third kappa shape index (κ3) is 5.81. The van der Waals surface area contributed by atoms with Gasteiger partial charge in [0.1, 0.15) is 6.04 Å². The normalized spacial score (nSPS) is 15.5. The van der Waals surface area contributed by atoms with E-state index < -0.39 is 12.1 Å². The Bertz CT molecular complexity index is 817. The number of carbonyl (C=O) groups excluding carboxylic acids is 2. The van der Waals surface area contributed by atoms with Gasteiger partial charge in [-0.05, 0) is 24.3 Å². The van der Waals surface area contributed by atoms with Crippen molar-refractivity contribution in [3.05, 3.63) is 53.9 Å². The van der Waals surface area contributed by atoms with Crippen LogP contribution in [-0.4, -0.2) is 63.8 Å². The van der Waals surface area contributed by atoms with Crippen LogP contribution in [0, 0.1) is 5.92 Å². The molecule has 1 saturated heterocycles. The molecule has 154 valence electrons. The van der Waals surface area contributed by atoms with Crippen molar-refractivity contribution < 1.29 is 19.5 Å². The Labute approximate surface area is 168 Å². The van der Waals surface area contributed by atoms with Gasteiger partial charge in [0.25, 0.3) is 5.91 Å². The maximum atomic E-state index is 12.9. The summed E-state index contributed by atoms with van der Waals surface area (Å²) in [6.07, 6.45) is 3.62. The Morgan fingerprint density at radius 1 is 1.21 bits per heavy atom. The number of carbonyl (C=O) groups is 3. The lowest BCUT2D eigenvalue weighted by molar-refractivity contribution is -0.134. The van der Waals surface area contributed by atoms with Gasteiger partial charge in [-0.25, -0.2) is 4.79 Å². The first-order chi connectivity index (χ1) is 14.0. The summed E-state index contributed by atoms with van der Waals surface area (Å²) in [6.45, 7) is 1.61. The van der Waals surface area contributed by atoms with E-state index in [0.29, 0.717) is 31.6 Å². The van der Waals surface area contributed by atoms with Gasteiger partial charge in [-0.15, -0.1) is 0 Å². The number of hydrogen-bond acceptors (Lipinski definition) is 4. The van der Waals surface area contributed by atoms with Crippen LogP contribution in [0.4, 0.5) is 4.79 Å². The van der Waals surface area contributed by atoms with E-state index in [-0.39, 0.29) is 17.7 Å². The molecule has 9 heteroatoms. The molecule has 0 aliphatic carbocycles. The zero-order chi connectivity index (χ0) is 20.6. The molecular formula is C20H25N5O4. The lowest BCUT2D eigenvalue weighted by atomic mass is 9.95. The van der Waals surface area contributed by atoms with Gasteiger partial charge < -0.3 is 20.6 Å². The summed E-state index contributed by atoms with van der Waals surface area (Å²) >= 11 is 0. The number of nitrogens with zero attached hydrogens (tertiary/aromatic N) is 2. The van der Waals surface area contributed by atoms with Crippen molar-refractivity contribution in [1.82, 2.24) is 25.7 Å². The monoisotopic (exact) mass is 399 g/mol. The molecule has 1 fully saturated rings. The number of benzene rings is 1. The summed E-state index contributed by atoms with van der Waals surface area (Å²) in [7, 11) is 0. The zero-order valence-corrected chi connectivity index (χ0v) is 16.0. The van der Waals surface area contributed by atoms with E-state index in [0.717, 1.165) is 18.4 Å². The van der Waals surface area contributed by atoms with Gasteiger partial charge in [0.2, 0.25) is 5.91 Å². The van der Waals surface area contributed by atoms with Crippen LogP contribution in [0.3, 0.4) is 0 Å². The second-order valence-electron chi connectivity index (χ2n) is 7.16. The van der Waals surface area contributed by atoms with Crippen LogP contribution in [0.15, 0.2) is 42.7 Å². The molecule has 0 spiro atoms. The number of H-pyrrole nitrogens is 1. The van der Waals surface area contributed by atoms with E-state index in [1.807, 2.05) is 30.3 Å². The Kier molecular flexibility index (Phi) is 6.83. The number of piperidine rings is 1. The van der Waals surface area contributed by atoms with Gasteiger partial charge in [-0.3, -0.25) is 14.7 Å². The maximum Gasteiger partial charge on any atom is 0.405 e. The predicted octanol–water partition coefficient (Wildman–Crippen LogP) is 1.26. The molecule has 3 rings (SSSR count).